The molecule has 6 nitrogen and oxygen atoms in total. The van der Waals surface area contributed by atoms with Gasteiger partial charge < -0.3 is 9.47 Å². The first-order valence-corrected chi connectivity index (χ1v) is 6.98. The van der Waals surface area contributed by atoms with Crippen LogP contribution in [0.5, 0.6) is 5.75 Å². The van der Waals surface area contributed by atoms with Gasteiger partial charge in [0.2, 0.25) is 5.95 Å². The van der Waals surface area contributed by atoms with Gasteiger partial charge in [0.1, 0.15) is 11.3 Å². The first kappa shape index (κ1) is 15.0. The molecule has 0 aliphatic rings. The normalized spacial score (nSPS) is 10.7. The highest BCUT2D eigenvalue weighted by atomic mass is 19.1. The average molecular weight is 315 g/mol. The Morgan fingerprint density at radius 1 is 1.35 bits per heavy atom. The van der Waals surface area contributed by atoms with Crippen LogP contribution >= 0.6 is 0 Å². The molecule has 3 rings (SSSR count). The summed E-state index contributed by atoms with van der Waals surface area (Å²) in [5.41, 5.74) is 2.17. The number of carbonyl (C=O) groups excluding carboxylic acids is 1. The van der Waals surface area contributed by atoms with Crippen molar-refractivity contribution >= 4 is 11.5 Å². The Balaban J connectivity index is 2.26. The van der Waals surface area contributed by atoms with Gasteiger partial charge in [0.05, 0.1) is 31.6 Å². The van der Waals surface area contributed by atoms with Gasteiger partial charge in [0, 0.05) is 17.3 Å². The van der Waals surface area contributed by atoms with E-state index in [1.165, 1.54) is 30.1 Å². The maximum absolute atomic E-state index is 13.1. The Hall–Kier alpha value is -2.96. The molecule has 0 unspecified atom stereocenters. The van der Waals surface area contributed by atoms with E-state index >= 15 is 0 Å². The number of methoxy groups -OCH3 is 1. The Labute approximate surface area is 131 Å². The Kier molecular flexibility index (Phi) is 3.92. The zero-order valence-corrected chi connectivity index (χ0v) is 12.6. The second kappa shape index (κ2) is 6.04. The van der Waals surface area contributed by atoms with Gasteiger partial charge in [-0.3, -0.25) is 0 Å². The number of hydrogen-bond donors (Lipinski definition) is 0. The van der Waals surface area contributed by atoms with Crippen molar-refractivity contribution in [3.8, 4) is 16.9 Å². The summed E-state index contributed by atoms with van der Waals surface area (Å²) in [4.78, 5) is 15.8. The molecule has 3 heterocycles. The summed E-state index contributed by atoms with van der Waals surface area (Å²) in [6.07, 6.45) is 4.48. The molecule has 0 aromatic carbocycles. The van der Waals surface area contributed by atoms with E-state index in [0.29, 0.717) is 28.0 Å². The van der Waals surface area contributed by atoms with E-state index in [9.17, 15) is 9.18 Å². The third-order valence-corrected chi connectivity index (χ3v) is 3.36. The number of pyridine rings is 2. The molecule has 23 heavy (non-hydrogen) atoms. The molecule has 0 amide bonds. The fourth-order valence-electron chi connectivity index (χ4n) is 2.32. The van der Waals surface area contributed by atoms with Crippen molar-refractivity contribution < 1.29 is 18.7 Å². The van der Waals surface area contributed by atoms with Crippen molar-refractivity contribution in [3.05, 3.63) is 48.3 Å². The smallest absolute Gasteiger partial charge is 0.342 e. The Morgan fingerprint density at radius 2 is 2.17 bits per heavy atom. The predicted octanol–water partition coefficient (Wildman–Crippen LogP) is 2.72. The van der Waals surface area contributed by atoms with Crippen LogP contribution in [0.3, 0.4) is 0 Å². The van der Waals surface area contributed by atoms with E-state index in [0.717, 1.165) is 0 Å². The van der Waals surface area contributed by atoms with Crippen LogP contribution in [0.1, 0.15) is 17.3 Å². The minimum absolute atomic E-state index is 0.264. The first-order valence-electron chi connectivity index (χ1n) is 6.98. The SMILES string of the molecule is CCOC(=O)c1cnn2cc(OC)cc(-c3ccc(F)nc3)c12. The maximum Gasteiger partial charge on any atom is 0.342 e. The fraction of sp³-hybridized carbons (Fsp3) is 0.188. The van der Waals surface area contributed by atoms with Gasteiger partial charge in [0.25, 0.3) is 0 Å². The molecule has 3 aromatic heterocycles. The molecule has 118 valence electrons. The largest absolute Gasteiger partial charge is 0.495 e. The van der Waals surface area contributed by atoms with Crippen LogP contribution in [0.4, 0.5) is 4.39 Å². The molecule has 0 bridgehead atoms. The number of esters is 1. The molecule has 0 aliphatic carbocycles. The molecule has 0 atom stereocenters. The topological polar surface area (TPSA) is 65.7 Å². The summed E-state index contributed by atoms with van der Waals surface area (Å²) in [6.45, 7) is 2.00. The highest BCUT2D eigenvalue weighted by Gasteiger charge is 2.19. The number of hydrogen-bond acceptors (Lipinski definition) is 5. The predicted molar refractivity (Wildman–Crippen MR) is 80.9 cm³/mol. The lowest BCUT2D eigenvalue weighted by Gasteiger charge is -2.09. The quantitative estimate of drug-likeness (QED) is 0.547. The van der Waals surface area contributed by atoms with Gasteiger partial charge in [-0.05, 0) is 25.1 Å². The number of rotatable bonds is 4. The van der Waals surface area contributed by atoms with E-state index in [-0.39, 0.29) is 6.61 Å². The van der Waals surface area contributed by atoms with Gasteiger partial charge >= 0.3 is 5.97 Å². The highest BCUT2D eigenvalue weighted by molar-refractivity contribution is 6.01. The van der Waals surface area contributed by atoms with Crippen LogP contribution in [0.25, 0.3) is 16.6 Å². The lowest BCUT2D eigenvalue weighted by Crippen LogP contribution is -2.05. The highest BCUT2D eigenvalue weighted by Crippen LogP contribution is 2.30. The number of ether oxygens (including phenoxy) is 2. The van der Waals surface area contributed by atoms with Crippen LogP contribution in [-0.2, 0) is 4.74 Å². The van der Waals surface area contributed by atoms with Crippen LogP contribution in [0, 0.1) is 5.95 Å². The summed E-state index contributed by atoms with van der Waals surface area (Å²) < 4.78 is 24.9. The molecule has 0 saturated heterocycles. The molecule has 0 aliphatic heterocycles. The maximum atomic E-state index is 13.1. The van der Waals surface area contributed by atoms with Crippen molar-refractivity contribution in [2.45, 2.75) is 6.92 Å². The fourth-order valence-corrected chi connectivity index (χ4v) is 2.32. The van der Waals surface area contributed by atoms with Crippen LogP contribution in [0.2, 0.25) is 0 Å². The third kappa shape index (κ3) is 2.73. The molecule has 0 fully saturated rings. The molecule has 3 aromatic rings. The first-order chi connectivity index (χ1) is 11.1. The molecule has 7 heteroatoms. The van der Waals surface area contributed by atoms with Crippen LogP contribution in [0.15, 0.2) is 36.8 Å². The molecule has 0 radical (unpaired) electrons. The lowest BCUT2D eigenvalue weighted by atomic mass is 10.1. The Bertz CT molecular complexity index is 859. The monoisotopic (exact) mass is 315 g/mol. The second-order valence-corrected chi connectivity index (χ2v) is 4.74. The molecule has 0 N–H and O–H groups in total. The minimum Gasteiger partial charge on any atom is -0.495 e. The van der Waals surface area contributed by atoms with Gasteiger partial charge in [0.15, 0.2) is 0 Å². The van der Waals surface area contributed by atoms with Gasteiger partial charge in [-0.25, -0.2) is 14.3 Å². The Morgan fingerprint density at radius 3 is 2.83 bits per heavy atom. The van der Waals surface area contributed by atoms with E-state index in [1.807, 2.05) is 0 Å². The summed E-state index contributed by atoms with van der Waals surface area (Å²) >= 11 is 0. The minimum atomic E-state index is -0.577. The zero-order valence-electron chi connectivity index (χ0n) is 12.6. The van der Waals surface area contributed by atoms with Crippen molar-refractivity contribution in [1.82, 2.24) is 14.6 Å². The standard InChI is InChI=1S/C16H14FN3O3/c1-3-23-16(21)13-8-19-20-9-11(22-2)6-12(15(13)20)10-4-5-14(17)18-7-10/h4-9H,3H2,1-2H3. The third-order valence-electron chi connectivity index (χ3n) is 3.36. The van der Waals surface area contributed by atoms with Gasteiger partial charge in [-0.2, -0.15) is 9.49 Å². The molecular formula is C16H14FN3O3. The van der Waals surface area contributed by atoms with E-state index in [4.69, 9.17) is 9.47 Å². The average Bonchev–Trinajstić information content (AvgIpc) is 2.99. The summed E-state index contributed by atoms with van der Waals surface area (Å²) in [6, 6.07) is 4.58. The molecular weight excluding hydrogens is 301 g/mol. The summed E-state index contributed by atoms with van der Waals surface area (Å²) in [5, 5.41) is 4.18. The number of aromatic nitrogens is 3. The zero-order chi connectivity index (χ0) is 16.4. The van der Waals surface area contributed by atoms with E-state index in [1.54, 1.807) is 25.3 Å². The number of halogens is 1. The summed E-state index contributed by atoms with van der Waals surface area (Å²) in [7, 11) is 1.53. The van der Waals surface area contributed by atoms with Crippen LogP contribution in [-0.4, -0.2) is 34.3 Å². The van der Waals surface area contributed by atoms with Crippen molar-refractivity contribution in [1.29, 1.82) is 0 Å². The van der Waals surface area contributed by atoms with Crippen LogP contribution < -0.4 is 4.74 Å². The number of carbonyl (C=O) groups is 1. The van der Waals surface area contributed by atoms with Crippen molar-refractivity contribution in [3.63, 3.8) is 0 Å². The van der Waals surface area contributed by atoms with E-state index in [2.05, 4.69) is 10.1 Å². The number of fused-ring (bicyclic) bond motifs is 1. The molecule has 0 spiro atoms. The van der Waals surface area contributed by atoms with Crippen molar-refractivity contribution in [2.24, 2.45) is 0 Å². The van der Waals surface area contributed by atoms with Crippen molar-refractivity contribution in [2.75, 3.05) is 13.7 Å². The van der Waals surface area contributed by atoms with E-state index < -0.39 is 11.9 Å². The number of nitrogens with zero attached hydrogens (tertiary/aromatic N) is 3. The van der Waals surface area contributed by atoms with Gasteiger partial charge in [-0.15, -0.1) is 0 Å². The summed E-state index contributed by atoms with van der Waals surface area (Å²) in [5.74, 6) is -0.494. The lowest BCUT2D eigenvalue weighted by molar-refractivity contribution is 0.0528. The van der Waals surface area contributed by atoms with Gasteiger partial charge in [-0.1, -0.05) is 0 Å². The molecule has 0 saturated carbocycles. The second-order valence-electron chi connectivity index (χ2n) is 4.74.